The summed E-state index contributed by atoms with van der Waals surface area (Å²) in [6, 6.07) is 0. The van der Waals surface area contributed by atoms with Crippen LogP contribution in [0.3, 0.4) is 0 Å². The second kappa shape index (κ2) is 13.6. The highest BCUT2D eigenvalue weighted by Gasteiger charge is 2.57. The minimum Gasteiger partial charge on any atom is -0.469 e. The van der Waals surface area contributed by atoms with Gasteiger partial charge in [0.15, 0.2) is 12.3 Å². The van der Waals surface area contributed by atoms with E-state index in [1.807, 2.05) is 27.7 Å². The third-order valence-corrected chi connectivity index (χ3v) is 8.70. The molecule has 12 heteroatoms. The summed E-state index contributed by atoms with van der Waals surface area (Å²) in [7, 11) is 4.28. The molecule has 3 saturated heterocycles. The van der Waals surface area contributed by atoms with Crippen LogP contribution in [0.25, 0.3) is 0 Å². The van der Waals surface area contributed by atoms with Crippen LogP contribution in [0.2, 0.25) is 0 Å². The van der Waals surface area contributed by atoms with Crippen molar-refractivity contribution in [1.82, 2.24) is 5.32 Å². The summed E-state index contributed by atoms with van der Waals surface area (Å²) >= 11 is 0. The van der Waals surface area contributed by atoms with Crippen LogP contribution in [0.4, 0.5) is 0 Å². The maximum absolute atomic E-state index is 13.3. The minimum atomic E-state index is -1.68. The highest BCUT2D eigenvalue weighted by Crippen LogP contribution is 2.44. The molecule has 0 saturated carbocycles. The van der Waals surface area contributed by atoms with Crippen molar-refractivity contribution in [2.45, 2.75) is 115 Å². The molecule has 3 fully saturated rings. The molecule has 3 N–H and O–H groups in total. The van der Waals surface area contributed by atoms with Crippen molar-refractivity contribution in [1.29, 1.82) is 0 Å². The first-order chi connectivity index (χ1) is 18.8. The van der Waals surface area contributed by atoms with Crippen LogP contribution in [0.15, 0.2) is 12.2 Å². The van der Waals surface area contributed by atoms with Gasteiger partial charge in [0.25, 0.3) is 5.91 Å². The van der Waals surface area contributed by atoms with E-state index in [2.05, 4.69) is 16.6 Å². The lowest BCUT2D eigenvalue weighted by molar-refractivity contribution is -0.332. The molecule has 0 aromatic carbocycles. The van der Waals surface area contributed by atoms with Gasteiger partial charge in [0.1, 0.15) is 19.0 Å². The fraction of sp³-hybridized carbons (Fsp3) is 0.857. The monoisotopic (exact) mass is 573 g/mol. The van der Waals surface area contributed by atoms with Crippen molar-refractivity contribution in [2.24, 2.45) is 11.3 Å². The first kappa shape index (κ1) is 32.9. The number of ether oxygens (including phenoxy) is 7. The number of carbonyl (C=O) groups excluding carboxylic acids is 2. The van der Waals surface area contributed by atoms with Crippen LogP contribution in [0.5, 0.6) is 0 Å². The van der Waals surface area contributed by atoms with Gasteiger partial charge in [-0.2, -0.15) is 0 Å². The van der Waals surface area contributed by atoms with Gasteiger partial charge in [-0.05, 0) is 19.8 Å². The fourth-order valence-corrected chi connectivity index (χ4v) is 5.88. The first-order valence-corrected chi connectivity index (χ1v) is 13.9. The Labute approximate surface area is 236 Å². The summed E-state index contributed by atoms with van der Waals surface area (Å²) in [4.78, 5) is 24.8. The smallest absolute Gasteiger partial charge is 0.305 e. The molecular weight excluding hydrogens is 526 g/mol. The maximum Gasteiger partial charge on any atom is 0.305 e. The Kier molecular flexibility index (Phi) is 11.1. The molecule has 3 heterocycles. The lowest BCUT2D eigenvalue weighted by atomic mass is 9.72. The Hall–Kier alpha value is -1.64. The van der Waals surface area contributed by atoms with E-state index in [9.17, 15) is 19.8 Å². The molecule has 230 valence electrons. The number of methoxy groups -OCH3 is 3. The zero-order chi connectivity index (χ0) is 29.8. The molecule has 0 spiro atoms. The zero-order valence-electron chi connectivity index (χ0n) is 24.7. The van der Waals surface area contributed by atoms with Crippen molar-refractivity contribution in [3.05, 3.63) is 12.2 Å². The van der Waals surface area contributed by atoms with Gasteiger partial charge in [0.05, 0.1) is 31.5 Å². The predicted molar refractivity (Wildman–Crippen MR) is 142 cm³/mol. The van der Waals surface area contributed by atoms with E-state index >= 15 is 0 Å². The number of esters is 1. The summed E-state index contributed by atoms with van der Waals surface area (Å²) < 4.78 is 40.1. The number of aliphatic hydroxyl groups is 2. The second-order valence-corrected chi connectivity index (χ2v) is 11.6. The lowest BCUT2D eigenvalue weighted by Crippen LogP contribution is -2.69. The molecule has 0 aromatic rings. The quantitative estimate of drug-likeness (QED) is 0.243. The maximum atomic E-state index is 13.3. The highest BCUT2D eigenvalue weighted by atomic mass is 16.7. The number of aliphatic hydroxyl groups excluding tert-OH is 2. The van der Waals surface area contributed by atoms with Gasteiger partial charge in [0.2, 0.25) is 5.79 Å². The third-order valence-electron chi connectivity index (χ3n) is 8.70. The van der Waals surface area contributed by atoms with E-state index < -0.39 is 60.0 Å². The number of hydrogen-bond donors (Lipinski definition) is 3. The number of amides is 1. The lowest BCUT2D eigenvalue weighted by Gasteiger charge is -2.54. The van der Waals surface area contributed by atoms with Gasteiger partial charge in [-0.25, -0.2) is 0 Å². The van der Waals surface area contributed by atoms with Gasteiger partial charge < -0.3 is 48.7 Å². The van der Waals surface area contributed by atoms with Crippen molar-refractivity contribution >= 4 is 11.9 Å². The van der Waals surface area contributed by atoms with Gasteiger partial charge in [-0.1, -0.05) is 32.9 Å². The first-order valence-electron chi connectivity index (χ1n) is 13.9. The molecule has 0 aromatic heterocycles. The number of carbonyl (C=O) groups is 2. The average molecular weight is 574 g/mol. The van der Waals surface area contributed by atoms with Crippen molar-refractivity contribution in [3.63, 3.8) is 0 Å². The van der Waals surface area contributed by atoms with E-state index in [0.29, 0.717) is 12.8 Å². The Morgan fingerprint density at radius 3 is 2.45 bits per heavy atom. The van der Waals surface area contributed by atoms with Crippen LogP contribution in [0, 0.1) is 11.3 Å². The Balaban J connectivity index is 1.74. The molecule has 1 amide bonds. The molecule has 40 heavy (non-hydrogen) atoms. The van der Waals surface area contributed by atoms with Crippen LogP contribution in [0.1, 0.15) is 59.8 Å². The van der Waals surface area contributed by atoms with Crippen molar-refractivity contribution in [3.8, 4) is 0 Å². The van der Waals surface area contributed by atoms with E-state index in [-0.39, 0.29) is 44.0 Å². The molecule has 3 aliphatic heterocycles. The van der Waals surface area contributed by atoms with Crippen LogP contribution >= 0.6 is 0 Å². The summed E-state index contributed by atoms with van der Waals surface area (Å²) in [6.45, 7) is 11.7. The molecule has 3 aliphatic rings. The standard InChI is InChI=1S/C28H47NO11/c1-15-13-28(36-8,40-17(3)16(15)2)23(32)25(33)29-26-22-21(37-14-38-26)24(35-7)27(4,5)19(39-22)12-18(30)10-9-11-20(31)34-6/h16-19,21-24,26,30,32H,1,9-14H2,2-8H3,(H,29,33). The number of nitrogens with one attached hydrogen (secondary N) is 1. The summed E-state index contributed by atoms with van der Waals surface area (Å²) in [6.07, 6.45) is -4.59. The molecule has 12 nitrogen and oxygen atoms in total. The normalized spacial score (nSPS) is 37.2. The van der Waals surface area contributed by atoms with Gasteiger partial charge in [-0.15, -0.1) is 0 Å². The number of rotatable bonds is 11. The van der Waals surface area contributed by atoms with E-state index in [1.165, 1.54) is 14.2 Å². The Morgan fingerprint density at radius 2 is 1.85 bits per heavy atom. The van der Waals surface area contributed by atoms with Gasteiger partial charge in [-0.3, -0.25) is 9.59 Å². The molecule has 10 atom stereocenters. The topological polar surface area (TPSA) is 151 Å². The highest BCUT2D eigenvalue weighted by molar-refractivity contribution is 5.82. The van der Waals surface area contributed by atoms with E-state index in [0.717, 1.165) is 5.57 Å². The Morgan fingerprint density at radius 1 is 1.15 bits per heavy atom. The summed E-state index contributed by atoms with van der Waals surface area (Å²) in [5.74, 6) is -2.65. The van der Waals surface area contributed by atoms with Crippen molar-refractivity contribution in [2.75, 3.05) is 28.1 Å². The van der Waals surface area contributed by atoms with Crippen LogP contribution < -0.4 is 5.32 Å². The molecular formula is C28H47NO11. The summed E-state index contributed by atoms with van der Waals surface area (Å²) in [5, 5.41) is 24.6. The third kappa shape index (κ3) is 6.87. The van der Waals surface area contributed by atoms with E-state index in [4.69, 9.17) is 28.4 Å². The number of fused-ring (bicyclic) bond motifs is 1. The zero-order valence-corrected chi connectivity index (χ0v) is 24.7. The molecule has 0 aliphatic carbocycles. The Bertz CT molecular complexity index is 897. The SMILES string of the molecule is C=C1CC(OC)(C(O)C(=O)NC2OCOC3C2OC(CC(O)CCCC(=O)OC)C(C)(C)C3OC)OC(C)C1C. The average Bonchev–Trinajstić information content (AvgIpc) is 2.91. The molecule has 0 radical (unpaired) electrons. The fourth-order valence-electron chi connectivity index (χ4n) is 5.88. The second-order valence-electron chi connectivity index (χ2n) is 11.6. The summed E-state index contributed by atoms with van der Waals surface area (Å²) in [5.41, 5.74) is 0.233. The number of hydrogen-bond acceptors (Lipinski definition) is 11. The molecule has 0 bridgehead atoms. The van der Waals surface area contributed by atoms with Gasteiger partial charge >= 0.3 is 5.97 Å². The van der Waals surface area contributed by atoms with Crippen LogP contribution in [-0.4, -0.2) is 105 Å². The molecule has 3 rings (SSSR count). The van der Waals surface area contributed by atoms with Gasteiger partial charge in [0, 0.05) is 44.8 Å². The minimum absolute atomic E-state index is 0.0378. The predicted octanol–water partition coefficient (Wildman–Crippen LogP) is 1.41. The molecule has 10 unspecified atom stereocenters. The van der Waals surface area contributed by atoms with Crippen molar-refractivity contribution < 1.29 is 53.0 Å². The largest absolute Gasteiger partial charge is 0.469 e. The van der Waals surface area contributed by atoms with E-state index in [1.54, 1.807) is 7.11 Å². The van der Waals surface area contributed by atoms with Crippen LogP contribution in [-0.2, 0) is 42.7 Å².